The van der Waals surface area contributed by atoms with Gasteiger partial charge in [-0.05, 0) is 42.1 Å². The van der Waals surface area contributed by atoms with Crippen molar-refractivity contribution in [3.8, 4) is 39.5 Å². The van der Waals surface area contributed by atoms with Crippen LogP contribution >= 0.6 is 11.3 Å². The fraction of sp³-hybridized carbons (Fsp3) is 0.235. The van der Waals surface area contributed by atoms with Gasteiger partial charge in [-0.1, -0.05) is 18.7 Å². The SMILES string of the molecule is C=CC(=O)N1Cc2cc(-c3nc(-c4ccc5c(c4)C(=O)N(C)C5)c4ccsc4c3-c3c(F)cc(F)cc3OCCO)nn2C[C@H]1C. The molecule has 0 spiro atoms. The molecule has 2 aliphatic rings. The van der Waals surface area contributed by atoms with Crippen LogP contribution in [-0.2, 0) is 24.4 Å². The molecule has 0 unspecified atom stereocenters. The van der Waals surface area contributed by atoms with Crippen molar-refractivity contribution in [2.24, 2.45) is 0 Å². The summed E-state index contributed by atoms with van der Waals surface area (Å²) in [6.45, 7) is 6.26. The minimum atomic E-state index is -0.857. The molecule has 1 atom stereocenters. The number of aliphatic hydroxyl groups excluding tert-OH is 1. The highest BCUT2D eigenvalue weighted by Crippen LogP contribution is 2.47. The molecule has 0 saturated carbocycles. The second-order valence-electron chi connectivity index (χ2n) is 11.4. The first-order valence-corrected chi connectivity index (χ1v) is 15.6. The Kier molecular flexibility index (Phi) is 7.41. The van der Waals surface area contributed by atoms with Crippen LogP contribution in [0.4, 0.5) is 8.78 Å². The minimum absolute atomic E-state index is 0.00934. The van der Waals surface area contributed by atoms with Crippen molar-refractivity contribution in [2.45, 2.75) is 32.6 Å². The van der Waals surface area contributed by atoms with Gasteiger partial charge >= 0.3 is 0 Å². The quantitative estimate of drug-likeness (QED) is 0.231. The fourth-order valence-corrected chi connectivity index (χ4v) is 7.21. The maximum atomic E-state index is 15.9. The Bertz CT molecular complexity index is 2070. The molecule has 7 rings (SSSR count). The molecule has 2 aromatic carbocycles. The topological polar surface area (TPSA) is 101 Å². The van der Waals surface area contributed by atoms with E-state index in [0.29, 0.717) is 63.5 Å². The average molecular weight is 642 g/mol. The van der Waals surface area contributed by atoms with Crippen molar-refractivity contribution < 1.29 is 28.2 Å². The minimum Gasteiger partial charge on any atom is -0.490 e. The van der Waals surface area contributed by atoms with Crippen LogP contribution in [0.1, 0.15) is 28.5 Å². The summed E-state index contributed by atoms with van der Waals surface area (Å²) in [6.07, 6.45) is 1.28. The monoisotopic (exact) mass is 641 g/mol. The summed E-state index contributed by atoms with van der Waals surface area (Å²) in [5.74, 6) is -2.04. The van der Waals surface area contributed by atoms with Crippen LogP contribution in [0.2, 0.25) is 0 Å². The number of aromatic nitrogens is 3. The predicted molar refractivity (Wildman–Crippen MR) is 170 cm³/mol. The first kappa shape index (κ1) is 29.8. The number of ether oxygens (including phenoxy) is 1. The largest absolute Gasteiger partial charge is 0.490 e. The summed E-state index contributed by atoms with van der Waals surface area (Å²) in [4.78, 5) is 33.9. The van der Waals surface area contributed by atoms with Gasteiger partial charge in [-0.3, -0.25) is 14.3 Å². The van der Waals surface area contributed by atoms with E-state index in [1.54, 1.807) is 16.8 Å². The van der Waals surface area contributed by atoms with Gasteiger partial charge in [0.05, 0.1) is 36.6 Å². The smallest absolute Gasteiger partial charge is 0.254 e. The van der Waals surface area contributed by atoms with E-state index in [2.05, 4.69) is 6.58 Å². The Morgan fingerprint density at radius 3 is 2.76 bits per heavy atom. The molecule has 0 saturated heterocycles. The molecule has 2 aliphatic heterocycles. The number of amides is 2. The van der Waals surface area contributed by atoms with E-state index in [-0.39, 0.29) is 42.4 Å². The highest BCUT2D eigenvalue weighted by atomic mass is 32.1. The molecular weight excluding hydrogens is 612 g/mol. The van der Waals surface area contributed by atoms with Gasteiger partial charge in [-0.25, -0.2) is 13.8 Å². The maximum absolute atomic E-state index is 15.9. The second kappa shape index (κ2) is 11.5. The summed E-state index contributed by atoms with van der Waals surface area (Å²) in [6, 6.07) is 11.1. The number of pyridine rings is 1. The van der Waals surface area contributed by atoms with Crippen LogP contribution in [0.15, 0.2) is 60.5 Å². The molecule has 5 aromatic rings. The second-order valence-corrected chi connectivity index (χ2v) is 12.4. The normalized spacial score (nSPS) is 15.8. The maximum Gasteiger partial charge on any atom is 0.254 e. The van der Waals surface area contributed by atoms with Gasteiger partial charge < -0.3 is 19.6 Å². The number of carbonyl (C=O) groups excluding carboxylic acids is 2. The zero-order valence-corrected chi connectivity index (χ0v) is 25.9. The van der Waals surface area contributed by atoms with E-state index >= 15 is 4.39 Å². The van der Waals surface area contributed by atoms with E-state index in [4.69, 9.17) is 14.8 Å². The van der Waals surface area contributed by atoms with Crippen molar-refractivity contribution in [3.63, 3.8) is 0 Å². The molecule has 5 heterocycles. The van der Waals surface area contributed by atoms with Crippen molar-refractivity contribution in [1.82, 2.24) is 24.6 Å². The van der Waals surface area contributed by atoms with Crippen LogP contribution in [0.5, 0.6) is 5.75 Å². The number of benzene rings is 2. The number of carbonyl (C=O) groups is 2. The van der Waals surface area contributed by atoms with Crippen molar-refractivity contribution in [2.75, 3.05) is 20.3 Å². The fourth-order valence-electron chi connectivity index (χ4n) is 6.27. The van der Waals surface area contributed by atoms with E-state index in [1.165, 1.54) is 17.4 Å². The highest BCUT2D eigenvalue weighted by Gasteiger charge is 2.31. The number of aliphatic hydroxyl groups is 1. The number of fused-ring (bicyclic) bond motifs is 3. The number of halogens is 2. The van der Waals surface area contributed by atoms with Crippen LogP contribution < -0.4 is 4.74 Å². The lowest BCUT2D eigenvalue weighted by Gasteiger charge is -2.33. The van der Waals surface area contributed by atoms with Crippen molar-refractivity contribution >= 4 is 33.2 Å². The lowest BCUT2D eigenvalue weighted by Crippen LogP contribution is -2.44. The molecule has 12 heteroatoms. The van der Waals surface area contributed by atoms with Gasteiger partial charge in [0, 0.05) is 58.5 Å². The first-order chi connectivity index (χ1) is 22.2. The molecule has 3 aromatic heterocycles. The van der Waals surface area contributed by atoms with Gasteiger partial charge in [0.1, 0.15) is 35.4 Å². The molecule has 1 N–H and O–H groups in total. The predicted octanol–water partition coefficient (Wildman–Crippen LogP) is 5.65. The summed E-state index contributed by atoms with van der Waals surface area (Å²) < 4.78 is 38.6. The first-order valence-electron chi connectivity index (χ1n) is 14.7. The molecule has 9 nitrogen and oxygen atoms in total. The Morgan fingerprint density at radius 1 is 1.15 bits per heavy atom. The van der Waals surface area contributed by atoms with E-state index in [0.717, 1.165) is 23.4 Å². The van der Waals surface area contributed by atoms with E-state index in [1.807, 2.05) is 47.3 Å². The zero-order valence-electron chi connectivity index (χ0n) is 25.1. The molecular formula is C34H29F2N5O4S. The Morgan fingerprint density at radius 2 is 1.98 bits per heavy atom. The van der Waals surface area contributed by atoms with Crippen LogP contribution in [-0.4, -0.2) is 67.8 Å². The van der Waals surface area contributed by atoms with E-state index < -0.39 is 11.6 Å². The van der Waals surface area contributed by atoms with Gasteiger partial charge in [0.25, 0.3) is 5.91 Å². The van der Waals surface area contributed by atoms with Gasteiger partial charge in [0.15, 0.2) is 0 Å². The molecule has 0 aliphatic carbocycles. The number of hydrogen-bond acceptors (Lipinski definition) is 7. The standard InChI is InChI=1S/C34H29F2N5O4S/c1-4-28(43)40-17-22-14-26(38-41(22)15-18(40)2)32-30(29-25(36)12-21(35)13-27(29)45-9-8-42)33-23(7-10-46-33)31(37-32)19-5-6-20-16-39(3)34(44)24(20)11-19/h4-7,10-14,18,42H,1,8-9,15-17H2,2-3H3/t18-/m1/s1. The number of thiophene rings is 1. The highest BCUT2D eigenvalue weighted by molar-refractivity contribution is 7.18. The third-order valence-electron chi connectivity index (χ3n) is 8.46. The molecule has 0 fully saturated rings. The van der Waals surface area contributed by atoms with Crippen LogP contribution in [0, 0.1) is 11.6 Å². The summed E-state index contributed by atoms with van der Waals surface area (Å²) in [5, 5.41) is 16.9. The molecule has 46 heavy (non-hydrogen) atoms. The lowest BCUT2D eigenvalue weighted by molar-refractivity contribution is -0.129. The third kappa shape index (κ3) is 4.85. The van der Waals surface area contributed by atoms with Gasteiger partial charge in [0.2, 0.25) is 5.91 Å². The number of rotatable bonds is 7. The van der Waals surface area contributed by atoms with Crippen molar-refractivity contribution in [3.05, 3.63) is 89.0 Å². The molecule has 0 radical (unpaired) electrons. The zero-order chi connectivity index (χ0) is 32.3. The Hall–Kier alpha value is -4.94. The number of hydrogen-bond donors (Lipinski definition) is 1. The molecule has 2 amide bonds. The van der Waals surface area contributed by atoms with Gasteiger partial charge in [-0.15, -0.1) is 11.3 Å². The average Bonchev–Trinajstić information content (AvgIpc) is 3.76. The summed E-state index contributed by atoms with van der Waals surface area (Å²) in [7, 11) is 1.75. The molecule has 0 bridgehead atoms. The third-order valence-corrected chi connectivity index (χ3v) is 9.39. The van der Waals surface area contributed by atoms with Crippen LogP contribution in [0.25, 0.3) is 43.9 Å². The lowest BCUT2D eigenvalue weighted by atomic mass is 9.95. The summed E-state index contributed by atoms with van der Waals surface area (Å²) in [5.41, 5.74) is 4.65. The van der Waals surface area contributed by atoms with Crippen molar-refractivity contribution in [1.29, 1.82) is 0 Å². The Balaban J connectivity index is 1.50. The van der Waals surface area contributed by atoms with E-state index in [9.17, 15) is 19.1 Å². The Labute approximate surface area is 267 Å². The number of nitrogens with zero attached hydrogens (tertiary/aromatic N) is 5. The summed E-state index contributed by atoms with van der Waals surface area (Å²) >= 11 is 1.36. The molecule has 234 valence electrons. The van der Waals surface area contributed by atoms with Gasteiger partial charge in [-0.2, -0.15) is 5.10 Å². The van der Waals surface area contributed by atoms with Crippen LogP contribution in [0.3, 0.4) is 0 Å².